The fourth-order valence-electron chi connectivity index (χ4n) is 1.68. The van der Waals surface area contributed by atoms with Crippen molar-refractivity contribution >= 4 is 5.82 Å². The van der Waals surface area contributed by atoms with E-state index >= 15 is 0 Å². The molecule has 0 saturated heterocycles. The van der Waals surface area contributed by atoms with Gasteiger partial charge in [0.1, 0.15) is 17.6 Å². The molecule has 0 unspecified atom stereocenters. The molecule has 2 aromatic rings. The first-order valence-electron chi connectivity index (χ1n) is 5.75. The molecule has 1 atom stereocenters. The Bertz CT molecular complexity index is 572. The lowest BCUT2D eigenvalue weighted by Crippen LogP contribution is -2.08. The van der Waals surface area contributed by atoms with Crippen molar-refractivity contribution in [3.05, 3.63) is 53.5 Å². The van der Waals surface area contributed by atoms with E-state index in [9.17, 15) is 0 Å². The van der Waals surface area contributed by atoms with Gasteiger partial charge in [0.2, 0.25) is 0 Å². The number of hydrogen-bond acceptors (Lipinski definition) is 4. The van der Waals surface area contributed by atoms with Crippen molar-refractivity contribution in [1.29, 1.82) is 5.26 Å². The highest BCUT2D eigenvalue weighted by atomic mass is 15.0. The first kappa shape index (κ1) is 12.1. The summed E-state index contributed by atoms with van der Waals surface area (Å²) in [6.45, 7) is 3.92. The van der Waals surface area contributed by atoms with Gasteiger partial charge in [0.25, 0.3) is 0 Å². The maximum atomic E-state index is 8.95. The highest BCUT2D eigenvalue weighted by Crippen LogP contribution is 2.18. The zero-order chi connectivity index (χ0) is 13.0. The predicted octanol–water partition coefficient (Wildman–Crippen LogP) is 2.83. The molecule has 0 fully saturated rings. The van der Waals surface area contributed by atoms with Crippen LogP contribution in [0.2, 0.25) is 0 Å². The van der Waals surface area contributed by atoms with E-state index in [2.05, 4.69) is 21.4 Å². The van der Waals surface area contributed by atoms with Crippen molar-refractivity contribution in [3.63, 3.8) is 0 Å². The monoisotopic (exact) mass is 238 g/mol. The molecule has 0 spiro atoms. The molecule has 2 heterocycles. The first-order valence-corrected chi connectivity index (χ1v) is 5.75. The summed E-state index contributed by atoms with van der Waals surface area (Å²) in [4.78, 5) is 8.26. The predicted molar refractivity (Wildman–Crippen MR) is 70.0 cm³/mol. The number of nitrogens with one attached hydrogen (secondary N) is 1. The van der Waals surface area contributed by atoms with E-state index in [1.165, 1.54) is 0 Å². The lowest BCUT2D eigenvalue weighted by atomic mass is 10.1. The second-order valence-electron chi connectivity index (χ2n) is 4.12. The van der Waals surface area contributed by atoms with Crippen LogP contribution in [-0.2, 0) is 0 Å². The highest BCUT2D eigenvalue weighted by molar-refractivity contribution is 5.44. The minimum absolute atomic E-state index is 0.120. The van der Waals surface area contributed by atoms with Gasteiger partial charge in [-0.2, -0.15) is 5.26 Å². The molecule has 0 aromatic carbocycles. The molecule has 2 rings (SSSR count). The largest absolute Gasteiger partial charge is 0.364 e. The van der Waals surface area contributed by atoms with Crippen LogP contribution in [-0.4, -0.2) is 9.97 Å². The molecule has 4 heteroatoms. The molecular weight excluding hydrogens is 224 g/mol. The Morgan fingerprint density at radius 1 is 1.22 bits per heavy atom. The van der Waals surface area contributed by atoms with E-state index in [1.807, 2.05) is 38.1 Å². The summed E-state index contributed by atoms with van der Waals surface area (Å²) in [6, 6.07) is 9.90. The summed E-state index contributed by atoms with van der Waals surface area (Å²) < 4.78 is 0. The van der Waals surface area contributed by atoms with Gasteiger partial charge < -0.3 is 5.32 Å². The molecular formula is C14H14N4. The van der Waals surface area contributed by atoms with Crippen molar-refractivity contribution in [1.82, 2.24) is 9.97 Å². The van der Waals surface area contributed by atoms with Gasteiger partial charge in [0.05, 0.1) is 6.04 Å². The van der Waals surface area contributed by atoms with Crippen LogP contribution in [0.5, 0.6) is 0 Å². The van der Waals surface area contributed by atoms with Crippen LogP contribution < -0.4 is 5.32 Å². The smallest absolute Gasteiger partial charge is 0.145 e. The summed E-state index contributed by atoms with van der Waals surface area (Å²) in [7, 11) is 0. The molecule has 4 nitrogen and oxygen atoms in total. The number of nitrogens with zero attached hydrogens (tertiary/aromatic N) is 3. The molecule has 18 heavy (non-hydrogen) atoms. The Morgan fingerprint density at radius 3 is 2.61 bits per heavy atom. The number of nitriles is 1. The van der Waals surface area contributed by atoms with Crippen LogP contribution in [0, 0.1) is 18.3 Å². The molecule has 90 valence electrons. The van der Waals surface area contributed by atoms with Gasteiger partial charge in [0, 0.05) is 12.4 Å². The number of rotatable bonds is 3. The Kier molecular flexibility index (Phi) is 3.54. The molecule has 0 amide bonds. The normalized spacial score (nSPS) is 11.6. The van der Waals surface area contributed by atoms with Gasteiger partial charge in [-0.05, 0) is 43.2 Å². The third kappa shape index (κ3) is 2.64. The van der Waals surface area contributed by atoms with Gasteiger partial charge in [-0.25, -0.2) is 4.98 Å². The Morgan fingerprint density at radius 2 is 1.94 bits per heavy atom. The fraction of sp³-hybridized carbons (Fsp3) is 0.214. The number of anilines is 1. The standard InChI is InChI=1S/C14H14N4/c1-10-3-4-14(18-13(10)9-15)17-11(2)12-5-7-16-8-6-12/h3-8,11H,1-2H3,(H,17,18)/t11-/m1/s1. The first-order chi connectivity index (χ1) is 8.70. The van der Waals surface area contributed by atoms with E-state index < -0.39 is 0 Å². The quantitative estimate of drug-likeness (QED) is 0.893. The molecule has 0 saturated carbocycles. The van der Waals surface area contributed by atoms with Crippen molar-refractivity contribution < 1.29 is 0 Å². The number of pyridine rings is 2. The van der Waals surface area contributed by atoms with Crippen molar-refractivity contribution in [2.75, 3.05) is 5.32 Å². The van der Waals surface area contributed by atoms with E-state index in [-0.39, 0.29) is 6.04 Å². The van der Waals surface area contributed by atoms with Crippen LogP contribution >= 0.6 is 0 Å². The van der Waals surface area contributed by atoms with Crippen LogP contribution in [0.4, 0.5) is 5.82 Å². The van der Waals surface area contributed by atoms with Crippen LogP contribution in [0.1, 0.15) is 29.8 Å². The van der Waals surface area contributed by atoms with E-state index in [1.54, 1.807) is 12.4 Å². The number of hydrogen-bond donors (Lipinski definition) is 1. The lowest BCUT2D eigenvalue weighted by Gasteiger charge is -2.15. The highest BCUT2D eigenvalue weighted by Gasteiger charge is 2.07. The minimum Gasteiger partial charge on any atom is -0.364 e. The summed E-state index contributed by atoms with van der Waals surface area (Å²) in [6.07, 6.45) is 3.52. The molecule has 0 bridgehead atoms. The van der Waals surface area contributed by atoms with Crippen LogP contribution in [0.15, 0.2) is 36.7 Å². The molecule has 2 aromatic heterocycles. The van der Waals surface area contributed by atoms with Crippen molar-refractivity contribution in [2.45, 2.75) is 19.9 Å². The molecule has 1 N–H and O–H groups in total. The molecule has 0 aliphatic carbocycles. The minimum atomic E-state index is 0.120. The summed E-state index contributed by atoms with van der Waals surface area (Å²) in [5.74, 6) is 0.710. The van der Waals surface area contributed by atoms with E-state index in [0.717, 1.165) is 11.1 Å². The molecule has 0 aliphatic heterocycles. The SMILES string of the molecule is Cc1ccc(N[C@H](C)c2ccncc2)nc1C#N. The Labute approximate surface area is 106 Å². The van der Waals surface area contributed by atoms with Gasteiger partial charge >= 0.3 is 0 Å². The zero-order valence-corrected chi connectivity index (χ0v) is 10.4. The summed E-state index contributed by atoms with van der Waals surface area (Å²) >= 11 is 0. The number of aryl methyl sites for hydroxylation is 1. The van der Waals surface area contributed by atoms with Gasteiger partial charge in [-0.3, -0.25) is 4.98 Å². The maximum Gasteiger partial charge on any atom is 0.145 e. The Balaban J connectivity index is 2.18. The Hall–Kier alpha value is -2.41. The summed E-state index contributed by atoms with van der Waals surface area (Å²) in [5, 5.41) is 12.2. The van der Waals surface area contributed by atoms with Gasteiger partial charge in [-0.1, -0.05) is 6.07 Å². The average Bonchev–Trinajstić information content (AvgIpc) is 2.42. The van der Waals surface area contributed by atoms with Crippen LogP contribution in [0.25, 0.3) is 0 Å². The third-order valence-corrected chi connectivity index (χ3v) is 2.77. The van der Waals surface area contributed by atoms with E-state index in [0.29, 0.717) is 11.5 Å². The fourth-order valence-corrected chi connectivity index (χ4v) is 1.68. The van der Waals surface area contributed by atoms with Gasteiger partial charge in [0.15, 0.2) is 0 Å². The summed E-state index contributed by atoms with van der Waals surface area (Å²) in [5.41, 5.74) is 2.48. The number of aromatic nitrogens is 2. The molecule has 0 aliphatic rings. The van der Waals surface area contributed by atoms with Crippen molar-refractivity contribution in [3.8, 4) is 6.07 Å². The van der Waals surface area contributed by atoms with Crippen molar-refractivity contribution in [2.24, 2.45) is 0 Å². The average molecular weight is 238 g/mol. The lowest BCUT2D eigenvalue weighted by molar-refractivity contribution is 0.869. The second kappa shape index (κ2) is 5.28. The zero-order valence-electron chi connectivity index (χ0n) is 10.4. The third-order valence-electron chi connectivity index (χ3n) is 2.77. The van der Waals surface area contributed by atoms with Gasteiger partial charge in [-0.15, -0.1) is 0 Å². The molecule has 0 radical (unpaired) electrons. The topological polar surface area (TPSA) is 61.6 Å². The maximum absolute atomic E-state index is 8.95. The second-order valence-corrected chi connectivity index (χ2v) is 4.12. The van der Waals surface area contributed by atoms with Crippen LogP contribution in [0.3, 0.4) is 0 Å². The van der Waals surface area contributed by atoms with E-state index in [4.69, 9.17) is 5.26 Å².